The van der Waals surface area contributed by atoms with Gasteiger partial charge in [0.15, 0.2) is 11.9 Å². The van der Waals surface area contributed by atoms with E-state index in [1.807, 2.05) is 27.7 Å². The molecule has 1 aromatic rings. The number of carbonyl (C=O) groups is 3. The molecular formula is C38H55NO10. The second-order valence-corrected chi connectivity index (χ2v) is 16.5. The molecule has 1 heterocycles. The number of ketones is 1. The van der Waals surface area contributed by atoms with E-state index in [1.54, 1.807) is 65.1 Å². The van der Waals surface area contributed by atoms with Crippen LogP contribution in [0.5, 0.6) is 0 Å². The van der Waals surface area contributed by atoms with Crippen LogP contribution in [0.2, 0.25) is 0 Å². The molecule has 3 fully saturated rings. The lowest BCUT2D eigenvalue weighted by atomic mass is 9.40. The Bertz CT molecular complexity index is 1480. The molecule has 0 unspecified atom stereocenters. The van der Waals surface area contributed by atoms with Crippen LogP contribution in [0.1, 0.15) is 86.8 Å². The number of carbonyl (C=O) groups excluding carboxylic acids is 3. The van der Waals surface area contributed by atoms with Crippen LogP contribution in [0.4, 0.5) is 4.79 Å². The van der Waals surface area contributed by atoms with E-state index in [4.69, 9.17) is 23.7 Å². The number of fused-ring (bicyclic) bond motifs is 5. The lowest BCUT2D eigenvalue weighted by molar-refractivity contribution is -0.305. The van der Waals surface area contributed by atoms with Crippen LogP contribution in [0.15, 0.2) is 41.5 Å². The van der Waals surface area contributed by atoms with E-state index in [1.165, 1.54) is 7.11 Å². The predicted molar refractivity (Wildman–Crippen MR) is 180 cm³/mol. The molecule has 2 saturated carbocycles. The molecule has 5 rings (SSSR count). The number of Topliss-reactive ketones (excluding diaryl/α,β-unsaturated/α-hetero) is 1. The summed E-state index contributed by atoms with van der Waals surface area (Å²) < 4.78 is 29.6. The smallest absolute Gasteiger partial charge is 0.408 e. The summed E-state index contributed by atoms with van der Waals surface area (Å²) in [6, 6.07) is 7.40. The molecule has 11 nitrogen and oxygen atoms in total. The van der Waals surface area contributed by atoms with Crippen molar-refractivity contribution in [1.29, 1.82) is 0 Å². The lowest BCUT2D eigenvalue weighted by Gasteiger charge is -2.69. The van der Waals surface area contributed by atoms with E-state index in [0.29, 0.717) is 29.7 Å². The Hall–Kier alpha value is -2.83. The molecule has 49 heavy (non-hydrogen) atoms. The summed E-state index contributed by atoms with van der Waals surface area (Å²) in [7, 11) is 3.09. The van der Waals surface area contributed by atoms with E-state index < -0.39 is 75.9 Å². The van der Waals surface area contributed by atoms with Crippen molar-refractivity contribution in [2.75, 3.05) is 20.8 Å². The predicted octanol–water partition coefficient (Wildman–Crippen LogP) is 4.68. The number of aliphatic hydroxyl groups is 2. The van der Waals surface area contributed by atoms with Gasteiger partial charge in [-0.05, 0) is 63.2 Å². The Morgan fingerprint density at radius 3 is 2.22 bits per heavy atom. The summed E-state index contributed by atoms with van der Waals surface area (Å²) in [4.78, 5) is 41.7. The summed E-state index contributed by atoms with van der Waals surface area (Å²) in [5, 5.41) is 27.2. The number of esters is 1. The normalized spacial score (nSPS) is 38.1. The second kappa shape index (κ2) is 12.7. The number of amides is 1. The summed E-state index contributed by atoms with van der Waals surface area (Å²) in [6.45, 7) is 17.2. The zero-order chi connectivity index (χ0) is 36.5. The summed E-state index contributed by atoms with van der Waals surface area (Å²) >= 11 is 0. The molecule has 1 aliphatic heterocycles. The number of benzene rings is 1. The Morgan fingerprint density at radius 1 is 1.06 bits per heavy atom. The number of ether oxygens (including phenoxy) is 5. The fourth-order valence-electron chi connectivity index (χ4n) is 9.87. The highest BCUT2D eigenvalue weighted by atomic mass is 16.6. The first-order valence-electron chi connectivity index (χ1n) is 17.3. The van der Waals surface area contributed by atoms with E-state index in [-0.39, 0.29) is 24.2 Å². The zero-order valence-electron chi connectivity index (χ0n) is 30.8. The third-order valence-corrected chi connectivity index (χ3v) is 12.4. The van der Waals surface area contributed by atoms with Crippen LogP contribution in [0, 0.1) is 28.1 Å². The first-order valence-corrected chi connectivity index (χ1v) is 17.3. The molecule has 11 heteroatoms. The van der Waals surface area contributed by atoms with E-state index in [0.717, 1.165) is 0 Å². The number of nitrogens with one attached hydrogen (secondary N) is 1. The molecule has 0 spiro atoms. The van der Waals surface area contributed by atoms with E-state index in [9.17, 15) is 24.6 Å². The number of alkyl carbamates (subject to hydrolysis) is 1. The van der Waals surface area contributed by atoms with Crippen molar-refractivity contribution in [3.8, 4) is 0 Å². The van der Waals surface area contributed by atoms with Crippen molar-refractivity contribution in [3.05, 3.63) is 47.0 Å². The van der Waals surface area contributed by atoms with Gasteiger partial charge in [0.1, 0.15) is 17.8 Å². The first-order chi connectivity index (χ1) is 22.7. The van der Waals surface area contributed by atoms with E-state index >= 15 is 0 Å². The zero-order valence-corrected chi connectivity index (χ0v) is 30.8. The van der Waals surface area contributed by atoms with Gasteiger partial charge in [-0.3, -0.25) is 4.79 Å². The van der Waals surface area contributed by atoms with Crippen LogP contribution >= 0.6 is 0 Å². The van der Waals surface area contributed by atoms with Gasteiger partial charge >= 0.3 is 12.1 Å². The molecule has 0 aromatic heterocycles. The summed E-state index contributed by atoms with van der Waals surface area (Å²) in [6.07, 6.45) is -4.75. The molecule has 1 aromatic carbocycles. The van der Waals surface area contributed by atoms with Crippen molar-refractivity contribution in [3.63, 3.8) is 0 Å². The van der Waals surface area contributed by atoms with Crippen LogP contribution in [-0.2, 0) is 33.3 Å². The highest BCUT2D eigenvalue weighted by Gasteiger charge is 2.73. The standard InChI is InChI=1S/C38H55NO10/c1-20-23(48-32(42)28(40)27(22-15-13-12-14-16-22)39-33(43)49-34(3,4)5)18-38(44)21(2)30-36(8)19-47-24(36)17-25(45-10)37(30,9)31(41)29(46-11)26(20)35(38,6)7/h12-16,21,23-25,27-30,40,44H,17-19H2,1-11H3,(H,39,43)/t21-,23-,24+,25-,27-,28+,29+,30+,36+,37+,38+/m0/s1. The maximum Gasteiger partial charge on any atom is 0.408 e. The van der Waals surface area contributed by atoms with E-state index in [2.05, 4.69) is 12.2 Å². The van der Waals surface area contributed by atoms with Crippen LogP contribution in [0.25, 0.3) is 0 Å². The number of aliphatic hydroxyl groups excluding tert-OH is 1. The summed E-state index contributed by atoms with van der Waals surface area (Å²) in [5.41, 5.74) is -3.13. The quantitative estimate of drug-likeness (QED) is 0.273. The second-order valence-electron chi connectivity index (χ2n) is 16.5. The molecule has 2 bridgehead atoms. The minimum atomic E-state index is -1.82. The van der Waals surface area contributed by atoms with Gasteiger partial charge in [-0.25, -0.2) is 9.59 Å². The van der Waals surface area contributed by atoms with Gasteiger partial charge in [-0.1, -0.05) is 58.0 Å². The van der Waals surface area contributed by atoms with Crippen LogP contribution < -0.4 is 5.32 Å². The molecule has 1 saturated heterocycles. The van der Waals surface area contributed by atoms with Crippen molar-refractivity contribution >= 4 is 17.8 Å². The largest absolute Gasteiger partial charge is 0.456 e. The van der Waals surface area contributed by atoms with Crippen LogP contribution in [0.3, 0.4) is 0 Å². The molecule has 272 valence electrons. The number of methoxy groups -OCH3 is 2. The van der Waals surface area contributed by atoms with Gasteiger partial charge in [0.25, 0.3) is 0 Å². The Balaban J connectivity index is 1.56. The van der Waals surface area contributed by atoms with Crippen LogP contribution in [-0.4, -0.2) is 90.6 Å². The van der Waals surface area contributed by atoms with Crippen molar-refractivity contribution in [2.24, 2.45) is 28.1 Å². The number of rotatable bonds is 7. The van der Waals surface area contributed by atoms with Gasteiger partial charge in [-0.15, -0.1) is 0 Å². The van der Waals surface area contributed by atoms with Crippen molar-refractivity contribution in [1.82, 2.24) is 5.32 Å². The third kappa shape index (κ3) is 5.83. The Labute approximate surface area is 290 Å². The average molecular weight is 686 g/mol. The SMILES string of the molecule is CO[C@H]1C(=O)[C@]2(C)[C@@H](OC)C[C@H]3OC[C@@]3(C)[C@H]2[C@H](C)[C@]2(O)C[C@H](OC(=O)[C@H](O)[C@@H](NC(=O)OC(C)(C)C)c3ccccc3)C(C)=C1C2(C)C. The molecule has 3 aliphatic carbocycles. The minimum absolute atomic E-state index is 0.0148. The van der Waals surface area contributed by atoms with Gasteiger partial charge in [-0.2, -0.15) is 0 Å². The average Bonchev–Trinajstić information content (AvgIpc) is 3.02. The number of hydrogen-bond acceptors (Lipinski definition) is 10. The van der Waals surface area contributed by atoms with Gasteiger partial charge in [0.05, 0.1) is 35.9 Å². The minimum Gasteiger partial charge on any atom is -0.456 e. The Kier molecular flexibility index (Phi) is 9.73. The molecule has 1 amide bonds. The fraction of sp³-hybridized carbons (Fsp3) is 0.711. The molecular weight excluding hydrogens is 630 g/mol. The monoisotopic (exact) mass is 685 g/mol. The topological polar surface area (TPSA) is 150 Å². The lowest BCUT2D eigenvalue weighted by Crippen LogP contribution is -2.75. The summed E-state index contributed by atoms with van der Waals surface area (Å²) in [5.74, 6) is -1.99. The maximum atomic E-state index is 15.0. The number of hydrogen-bond donors (Lipinski definition) is 3. The first kappa shape index (κ1) is 37.4. The Morgan fingerprint density at radius 2 is 1.69 bits per heavy atom. The van der Waals surface area contributed by atoms with Gasteiger partial charge < -0.3 is 39.2 Å². The molecule has 0 radical (unpaired) electrons. The van der Waals surface area contributed by atoms with Crippen molar-refractivity contribution < 1.29 is 48.3 Å². The third-order valence-electron chi connectivity index (χ3n) is 12.4. The fourth-order valence-corrected chi connectivity index (χ4v) is 9.87. The molecule has 4 aliphatic rings. The highest BCUT2D eigenvalue weighted by molar-refractivity contribution is 5.93. The van der Waals surface area contributed by atoms with Gasteiger partial charge in [0.2, 0.25) is 0 Å². The molecule has 3 N–H and O–H groups in total. The molecule has 11 atom stereocenters. The van der Waals surface area contributed by atoms with Crippen molar-refractivity contribution in [2.45, 2.75) is 123 Å². The highest BCUT2D eigenvalue weighted by Crippen LogP contribution is 2.67. The maximum absolute atomic E-state index is 15.0. The van der Waals surface area contributed by atoms with Gasteiger partial charge in [0, 0.05) is 37.9 Å².